The fraction of sp³-hybridized carbons (Fsp3) is 1.00. The standard InChI is InChI=1S/C2H3Cl2O3/c3-2(4,1-5)7-6/h5H,1H2. The van der Waals surface area contributed by atoms with Crippen LogP contribution in [0.3, 0.4) is 0 Å². The minimum Gasteiger partial charge on any atom is -0.391 e. The lowest BCUT2D eigenvalue weighted by atomic mass is 10.8. The zero-order chi connectivity index (χ0) is 5.91. The molecule has 0 aliphatic carbocycles. The van der Waals surface area contributed by atoms with E-state index in [0.717, 1.165) is 0 Å². The highest BCUT2D eigenvalue weighted by atomic mass is 35.5. The van der Waals surface area contributed by atoms with Gasteiger partial charge in [0.1, 0.15) is 6.61 Å². The van der Waals surface area contributed by atoms with E-state index in [0.29, 0.717) is 0 Å². The Balaban J connectivity index is 3.36. The van der Waals surface area contributed by atoms with Crippen LogP contribution in [0.5, 0.6) is 0 Å². The number of alkyl halides is 2. The van der Waals surface area contributed by atoms with Crippen molar-refractivity contribution >= 4 is 23.2 Å². The second kappa shape index (κ2) is 2.69. The smallest absolute Gasteiger partial charge is 0.276 e. The van der Waals surface area contributed by atoms with Crippen LogP contribution in [0, 0.1) is 0 Å². The van der Waals surface area contributed by atoms with E-state index in [4.69, 9.17) is 28.3 Å². The van der Waals surface area contributed by atoms with Gasteiger partial charge in [-0.15, -0.1) is 0 Å². The molecule has 43 valence electrons. The Kier molecular flexibility index (Phi) is 2.87. The largest absolute Gasteiger partial charge is 0.391 e. The van der Waals surface area contributed by atoms with E-state index in [1.807, 2.05) is 0 Å². The Bertz CT molecular complexity index is 48.9. The summed E-state index contributed by atoms with van der Waals surface area (Å²) in [4.78, 5) is 3.12. The molecule has 0 saturated heterocycles. The van der Waals surface area contributed by atoms with Crippen molar-refractivity contribution in [3.8, 4) is 0 Å². The summed E-state index contributed by atoms with van der Waals surface area (Å²) < 4.78 is -1.97. The van der Waals surface area contributed by atoms with Crippen LogP contribution in [0.25, 0.3) is 0 Å². The van der Waals surface area contributed by atoms with E-state index in [-0.39, 0.29) is 0 Å². The summed E-state index contributed by atoms with van der Waals surface area (Å²) in [6.07, 6.45) is 0. The van der Waals surface area contributed by atoms with Crippen LogP contribution in [-0.2, 0) is 10.1 Å². The maximum Gasteiger partial charge on any atom is 0.276 e. The van der Waals surface area contributed by atoms with Gasteiger partial charge in [0.2, 0.25) is 0 Å². The molecule has 0 aromatic heterocycles. The molecule has 0 aromatic rings. The van der Waals surface area contributed by atoms with Gasteiger partial charge in [-0.3, -0.25) is 0 Å². The van der Waals surface area contributed by atoms with Gasteiger partial charge in [-0.05, 0) is 5.26 Å². The highest BCUT2D eigenvalue weighted by molar-refractivity contribution is 6.47. The quantitative estimate of drug-likeness (QED) is 0.349. The van der Waals surface area contributed by atoms with Crippen molar-refractivity contribution in [1.82, 2.24) is 0 Å². The third-order valence-corrected chi connectivity index (χ3v) is 0.671. The van der Waals surface area contributed by atoms with Crippen LogP contribution < -0.4 is 0 Å². The molecule has 0 unspecified atom stereocenters. The SMILES string of the molecule is [O]OC(Cl)(Cl)CO. The Morgan fingerprint density at radius 3 is 2.14 bits per heavy atom. The molecule has 0 saturated carbocycles. The van der Waals surface area contributed by atoms with Crippen molar-refractivity contribution < 1.29 is 15.3 Å². The van der Waals surface area contributed by atoms with Gasteiger partial charge in [0.05, 0.1) is 0 Å². The molecule has 7 heavy (non-hydrogen) atoms. The molecule has 1 N–H and O–H groups in total. The molecule has 0 aliphatic rings. The van der Waals surface area contributed by atoms with E-state index in [2.05, 4.69) is 4.89 Å². The summed E-state index contributed by atoms with van der Waals surface area (Å²) in [7, 11) is 0. The highest BCUT2D eigenvalue weighted by Crippen LogP contribution is 2.19. The van der Waals surface area contributed by atoms with Crippen LogP contribution in [0.15, 0.2) is 0 Å². The van der Waals surface area contributed by atoms with Crippen molar-refractivity contribution in [2.24, 2.45) is 0 Å². The maximum atomic E-state index is 9.26. The molecular weight excluding hydrogens is 143 g/mol. The van der Waals surface area contributed by atoms with Gasteiger partial charge < -0.3 is 5.11 Å². The molecule has 0 atom stereocenters. The fourth-order valence-electron chi connectivity index (χ4n) is 0.0264. The van der Waals surface area contributed by atoms with Crippen molar-refractivity contribution in [1.29, 1.82) is 0 Å². The van der Waals surface area contributed by atoms with Gasteiger partial charge in [0.15, 0.2) is 0 Å². The lowest BCUT2D eigenvalue weighted by Crippen LogP contribution is -2.19. The topological polar surface area (TPSA) is 49.4 Å². The number of hydrogen-bond donors (Lipinski definition) is 1. The molecule has 5 heteroatoms. The van der Waals surface area contributed by atoms with E-state index in [1.54, 1.807) is 0 Å². The Hall–Kier alpha value is 0.460. The van der Waals surface area contributed by atoms with Crippen molar-refractivity contribution in [2.45, 2.75) is 4.52 Å². The molecule has 0 fully saturated rings. The number of halogens is 2. The van der Waals surface area contributed by atoms with Crippen LogP contribution >= 0.6 is 23.2 Å². The summed E-state index contributed by atoms with van der Waals surface area (Å²) in [6.45, 7) is -0.709. The Morgan fingerprint density at radius 2 is 2.14 bits per heavy atom. The molecule has 0 aliphatic heterocycles. The van der Waals surface area contributed by atoms with Gasteiger partial charge in [-0.1, -0.05) is 23.2 Å². The summed E-state index contributed by atoms with van der Waals surface area (Å²) in [5.74, 6) is 0. The molecule has 0 spiro atoms. The average Bonchev–Trinajstić information content (AvgIpc) is 1.68. The second-order valence-electron chi connectivity index (χ2n) is 0.879. The fourth-order valence-corrected chi connectivity index (χ4v) is 0.0264. The third kappa shape index (κ3) is 3.08. The van der Waals surface area contributed by atoms with Crippen LogP contribution in [-0.4, -0.2) is 16.2 Å². The zero-order valence-electron chi connectivity index (χ0n) is 3.23. The summed E-state index contributed by atoms with van der Waals surface area (Å²) >= 11 is 9.77. The molecule has 0 heterocycles. The van der Waals surface area contributed by atoms with Gasteiger partial charge in [0.25, 0.3) is 4.52 Å². The van der Waals surface area contributed by atoms with Gasteiger partial charge >= 0.3 is 0 Å². The Morgan fingerprint density at radius 1 is 1.71 bits per heavy atom. The normalized spacial score (nSPS) is 12.0. The van der Waals surface area contributed by atoms with Crippen LogP contribution in [0.4, 0.5) is 0 Å². The lowest BCUT2D eigenvalue weighted by Gasteiger charge is -2.07. The number of hydrogen-bond acceptors (Lipinski definition) is 2. The summed E-state index contributed by atoms with van der Waals surface area (Å²) in [6, 6.07) is 0. The minimum absolute atomic E-state index is 0.709. The molecule has 3 nitrogen and oxygen atoms in total. The van der Waals surface area contributed by atoms with Gasteiger partial charge in [0, 0.05) is 0 Å². The number of aliphatic hydroxyl groups is 1. The van der Waals surface area contributed by atoms with Gasteiger partial charge in [-0.2, -0.15) is 4.89 Å². The van der Waals surface area contributed by atoms with Crippen molar-refractivity contribution in [2.75, 3.05) is 6.61 Å². The van der Waals surface area contributed by atoms with E-state index in [9.17, 15) is 5.26 Å². The van der Waals surface area contributed by atoms with Crippen molar-refractivity contribution in [3.05, 3.63) is 0 Å². The van der Waals surface area contributed by atoms with Crippen molar-refractivity contribution in [3.63, 3.8) is 0 Å². The predicted molar refractivity (Wildman–Crippen MR) is 23.3 cm³/mol. The molecule has 1 radical (unpaired) electrons. The monoisotopic (exact) mass is 145 g/mol. The van der Waals surface area contributed by atoms with E-state index < -0.39 is 11.1 Å². The lowest BCUT2D eigenvalue weighted by molar-refractivity contribution is -0.332. The molecule has 0 rings (SSSR count). The van der Waals surface area contributed by atoms with E-state index in [1.165, 1.54) is 0 Å². The number of rotatable bonds is 2. The first-order valence-corrected chi connectivity index (χ1v) is 2.17. The molecule has 0 amide bonds. The third-order valence-electron chi connectivity index (χ3n) is 0.306. The zero-order valence-corrected chi connectivity index (χ0v) is 4.74. The Labute approximate surface area is 50.3 Å². The number of aliphatic hydroxyl groups excluding tert-OH is 1. The molecule has 0 bridgehead atoms. The first-order chi connectivity index (χ1) is 3.12. The average molecular weight is 146 g/mol. The maximum absolute atomic E-state index is 9.26. The summed E-state index contributed by atoms with van der Waals surface area (Å²) in [5, 5.41) is 17.3. The van der Waals surface area contributed by atoms with Crippen LogP contribution in [0.2, 0.25) is 0 Å². The first kappa shape index (κ1) is 7.46. The minimum atomic E-state index is -1.97. The highest BCUT2D eigenvalue weighted by Gasteiger charge is 2.23. The first-order valence-electron chi connectivity index (χ1n) is 1.42. The predicted octanol–water partition coefficient (Wildman–Crippen LogP) is 0.472. The molecular formula is C2H3Cl2O3. The second-order valence-corrected chi connectivity index (χ2v) is 2.29. The van der Waals surface area contributed by atoms with E-state index >= 15 is 0 Å². The van der Waals surface area contributed by atoms with Gasteiger partial charge in [-0.25, -0.2) is 0 Å². The molecule has 0 aromatic carbocycles. The summed E-state index contributed by atoms with van der Waals surface area (Å²) in [5.41, 5.74) is 0. The van der Waals surface area contributed by atoms with Crippen LogP contribution in [0.1, 0.15) is 0 Å².